The summed E-state index contributed by atoms with van der Waals surface area (Å²) in [6.07, 6.45) is 0. The van der Waals surface area contributed by atoms with Crippen LogP contribution in [0.1, 0.15) is 11.3 Å². The minimum atomic E-state index is 0.796. The summed E-state index contributed by atoms with van der Waals surface area (Å²) in [6, 6.07) is 25.1. The first-order valence-corrected chi connectivity index (χ1v) is 9.79. The highest BCUT2D eigenvalue weighted by molar-refractivity contribution is 6.15. The van der Waals surface area contributed by atoms with Crippen LogP contribution in [0.2, 0.25) is 0 Å². The van der Waals surface area contributed by atoms with Crippen molar-refractivity contribution in [2.75, 3.05) is 7.11 Å². The Bertz CT molecular complexity index is 1340. The monoisotopic (exact) mass is 378 g/mol. The van der Waals surface area contributed by atoms with Gasteiger partial charge in [-0.25, -0.2) is 4.98 Å². The van der Waals surface area contributed by atoms with Crippen LogP contribution in [0, 0.1) is 13.8 Å². The van der Waals surface area contributed by atoms with E-state index in [1.54, 1.807) is 7.11 Å². The molecule has 3 heteroatoms. The van der Waals surface area contributed by atoms with E-state index in [-0.39, 0.29) is 0 Å². The minimum absolute atomic E-state index is 0.796. The molecule has 0 fully saturated rings. The van der Waals surface area contributed by atoms with Gasteiger partial charge < -0.3 is 9.72 Å². The van der Waals surface area contributed by atoms with Crippen LogP contribution >= 0.6 is 0 Å². The van der Waals surface area contributed by atoms with Gasteiger partial charge in [0.1, 0.15) is 11.3 Å². The van der Waals surface area contributed by atoms with Crippen molar-refractivity contribution in [1.29, 1.82) is 0 Å². The summed E-state index contributed by atoms with van der Waals surface area (Å²) in [7, 11) is 1.72. The summed E-state index contributed by atoms with van der Waals surface area (Å²) >= 11 is 0. The van der Waals surface area contributed by atoms with E-state index in [9.17, 15) is 0 Å². The van der Waals surface area contributed by atoms with Crippen molar-refractivity contribution in [2.24, 2.45) is 0 Å². The summed E-state index contributed by atoms with van der Waals surface area (Å²) in [4.78, 5) is 8.64. The molecule has 0 aliphatic heterocycles. The van der Waals surface area contributed by atoms with E-state index >= 15 is 0 Å². The Morgan fingerprint density at radius 2 is 1.48 bits per heavy atom. The van der Waals surface area contributed by atoms with Gasteiger partial charge in [-0.2, -0.15) is 0 Å². The van der Waals surface area contributed by atoms with Gasteiger partial charge in [0.2, 0.25) is 0 Å². The van der Waals surface area contributed by atoms with Gasteiger partial charge in [-0.1, -0.05) is 60.7 Å². The Morgan fingerprint density at radius 3 is 2.14 bits per heavy atom. The quantitative estimate of drug-likeness (QED) is 0.380. The molecule has 2 heterocycles. The number of nitrogens with zero attached hydrogens (tertiary/aromatic N) is 1. The molecule has 0 bridgehead atoms. The third-order valence-corrected chi connectivity index (χ3v) is 5.70. The number of rotatable bonds is 3. The van der Waals surface area contributed by atoms with E-state index in [4.69, 9.17) is 9.72 Å². The number of benzene rings is 3. The number of hydrogen-bond donors (Lipinski definition) is 1. The first-order valence-electron chi connectivity index (χ1n) is 9.79. The molecular formula is C26H22N2O. The molecule has 0 amide bonds. The fourth-order valence-corrected chi connectivity index (χ4v) is 4.05. The summed E-state index contributed by atoms with van der Waals surface area (Å²) < 4.78 is 5.81. The van der Waals surface area contributed by atoms with E-state index in [2.05, 4.69) is 67.4 Å². The van der Waals surface area contributed by atoms with Gasteiger partial charge in [0.05, 0.1) is 18.3 Å². The van der Waals surface area contributed by atoms with Crippen molar-refractivity contribution in [1.82, 2.24) is 9.97 Å². The number of aromatic nitrogens is 2. The molecule has 0 unspecified atom stereocenters. The van der Waals surface area contributed by atoms with Gasteiger partial charge in [-0.05, 0) is 42.7 Å². The van der Waals surface area contributed by atoms with Gasteiger partial charge in [-0.3, -0.25) is 0 Å². The maximum atomic E-state index is 5.81. The molecule has 0 spiro atoms. The average Bonchev–Trinajstić information content (AvgIpc) is 3.07. The SMILES string of the molecule is COc1cc2c(C)c(C)[nH]c2c2c(-c3ccccc3)cc(-c3ccccc3)nc12. The maximum absolute atomic E-state index is 5.81. The van der Waals surface area contributed by atoms with Crippen LogP contribution < -0.4 is 4.74 Å². The molecule has 0 saturated carbocycles. The molecule has 1 N–H and O–H groups in total. The van der Waals surface area contributed by atoms with Gasteiger partial charge in [0, 0.05) is 22.0 Å². The lowest BCUT2D eigenvalue weighted by Gasteiger charge is -2.14. The van der Waals surface area contributed by atoms with Crippen molar-refractivity contribution in [3.8, 4) is 28.1 Å². The molecule has 0 radical (unpaired) electrons. The predicted octanol–water partition coefficient (Wildman–Crippen LogP) is 6.68. The van der Waals surface area contributed by atoms with Gasteiger partial charge >= 0.3 is 0 Å². The van der Waals surface area contributed by atoms with Crippen LogP contribution in [0.25, 0.3) is 44.2 Å². The highest BCUT2D eigenvalue weighted by Gasteiger charge is 2.19. The van der Waals surface area contributed by atoms with Crippen molar-refractivity contribution in [3.05, 3.63) is 84.1 Å². The average molecular weight is 378 g/mol. The van der Waals surface area contributed by atoms with Crippen molar-refractivity contribution < 1.29 is 4.74 Å². The molecule has 0 saturated heterocycles. The number of hydrogen-bond acceptors (Lipinski definition) is 2. The number of ether oxygens (including phenoxy) is 1. The number of aromatic amines is 1. The number of H-pyrrole nitrogens is 1. The summed E-state index contributed by atoms with van der Waals surface area (Å²) in [5.41, 5.74) is 8.74. The minimum Gasteiger partial charge on any atom is -0.494 e. The summed E-state index contributed by atoms with van der Waals surface area (Å²) in [5, 5.41) is 2.28. The summed E-state index contributed by atoms with van der Waals surface area (Å²) in [6.45, 7) is 4.26. The number of pyridine rings is 1. The lowest BCUT2D eigenvalue weighted by Crippen LogP contribution is -1.94. The number of nitrogens with one attached hydrogen (secondary N) is 1. The molecule has 0 atom stereocenters. The fraction of sp³-hybridized carbons (Fsp3) is 0.115. The number of methoxy groups -OCH3 is 1. The van der Waals surface area contributed by atoms with Crippen LogP contribution in [-0.4, -0.2) is 17.1 Å². The topological polar surface area (TPSA) is 37.9 Å². The molecule has 2 aromatic heterocycles. The van der Waals surface area contributed by atoms with Gasteiger partial charge in [-0.15, -0.1) is 0 Å². The van der Waals surface area contributed by atoms with Crippen LogP contribution in [0.15, 0.2) is 72.8 Å². The highest BCUT2D eigenvalue weighted by atomic mass is 16.5. The highest BCUT2D eigenvalue weighted by Crippen LogP contribution is 2.41. The van der Waals surface area contributed by atoms with Crippen LogP contribution in [0.3, 0.4) is 0 Å². The number of aryl methyl sites for hydroxylation is 2. The molecule has 142 valence electrons. The second-order valence-electron chi connectivity index (χ2n) is 7.39. The van der Waals surface area contributed by atoms with Gasteiger partial charge in [0.25, 0.3) is 0 Å². The zero-order valence-electron chi connectivity index (χ0n) is 16.8. The second-order valence-corrected chi connectivity index (χ2v) is 7.39. The zero-order chi connectivity index (χ0) is 20.0. The van der Waals surface area contributed by atoms with Crippen LogP contribution in [0.5, 0.6) is 5.75 Å². The molecule has 3 aromatic carbocycles. The van der Waals surface area contributed by atoms with E-state index < -0.39 is 0 Å². The van der Waals surface area contributed by atoms with Crippen molar-refractivity contribution in [2.45, 2.75) is 13.8 Å². The molecule has 5 rings (SSSR count). The Hall–Kier alpha value is -3.59. The Morgan fingerprint density at radius 1 is 0.828 bits per heavy atom. The largest absolute Gasteiger partial charge is 0.494 e. The van der Waals surface area contributed by atoms with Crippen molar-refractivity contribution in [3.63, 3.8) is 0 Å². The smallest absolute Gasteiger partial charge is 0.145 e. The Balaban J connectivity index is 1.98. The number of fused-ring (bicyclic) bond motifs is 3. The molecule has 0 aliphatic rings. The van der Waals surface area contributed by atoms with Crippen molar-refractivity contribution >= 4 is 21.8 Å². The normalized spacial score (nSPS) is 11.3. The zero-order valence-corrected chi connectivity index (χ0v) is 16.8. The third-order valence-electron chi connectivity index (χ3n) is 5.70. The van der Waals surface area contributed by atoms with E-state index in [0.29, 0.717) is 0 Å². The van der Waals surface area contributed by atoms with Crippen LogP contribution in [-0.2, 0) is 0 Å². The maximum Gasteiger partial charge on any atom is 0.145 e. The van der Waals surface area contributed by atoms with E-state index in [1.165, 1.54) is 16.6 Å². The predicted molar refractivity (Wildman–Crippen MR) is 120 cm³/mol. The lowest BCUT2D eigenvalue weighted by molar-refractivity contribution is 0.419. The molecule has 29 heavy (non-hydrogen) atoms. The Labute approximate surface area is 170 Å². The van der Waals surface area contributed by atoms with Crippen LogP contribution in [0.4, 0.5) is 0 Å². The second kappa shape index (κ2) is 6.78. The molecule has 0 aliphatic carbocycles. The van der Waals surface area contributed by atoms with Gasteiger partial charge in [0.15, 0.2) is 0 Å². The molecule has 3 nitrogen and oxygen atoms in total. The molecule has 5 aromatic rings. The standard InChI is InChI=1S/C26H22N2O/c1-16-17(2)27-25-20(16)15-23(29-3)26-24(25)21(18-10-6-4-7-11-18)14-22(28-26)19-12-8-5-9-13-19/h4-15,27H,1-3H3. The molecular weight excluding hydrogens is 356 g/mol. The third kappa shape index (κ3) is 2.78. The fourth-order valence-electron chi connectivity index (χ4n) is 4.05. The lowest BCUT2D eigenvalue weighted by atomic mass is 9.96. The van der Waals surface area contributed by atoms with E-state index in [1.807, 2.05) is 24.3 Å². The first kappa shape index (κ1) is 17.5. The first-order chi connectivity index (χ1) is 14.2. The Kier molecular flexibility index (Phi) is 4.09. The summed E-state index contributed by atoms with van der Waals surface area (Å²) in [5.74, 6) is 0.796. The van der Waals surface area contributed by atoms with E-state index in [0.717, 1.165) is 44.6 Å².